The van der Waals surface area contributed by atoms with E-state index in [2.05, 4.69) is 31.9 Å². The Balaban J connectivity index is 1.61. The first-order chi connectivity index (χ1) is 19.6. The van der Waals surface area contributed by atoms with Crippen LogP contribution in [0.1, 0.15) is 22.4 Å². The number of hydrogen-bond acceptors (Lipinski definition) is 8. The number of benzene rings is 2. The minimum atomic E-state index is -4.75. The molecular formula is C28H26F3N5O5. The average molecular weight is 570 g/mol. The van der Waals surface area contributed by atoms with Crippen molar-refractivity contribution in [2.75, 3.05) is 50.6 Å². The number of rotatable bonds is 6. The van der Waals surface area contributed by atoms with Crippen LogP contribution >= 0.6 is 0 Å². The second-order valence-electron chi connectivity index (χ2n) is 8.88. The Morgan fingerprint density at radius 2 is 1.80 bits per heavy atom. The number of carbonyl (C=O) groups excluding carboxylic acids is 1. The Kier molecular flexibility index (Phi) is 8.81. The standard InChI is InChI=1S/C28H26F3N5O5/c1-40-24-16-20(35-11-13-36(14-12-35)27(38)39)8-10-23(24)34-26-32-17-21(28(29,30)31)22(33-26)9-7-18-5-3-4-6-19(18)15-25(37)41-2/h3-6,8,10,16-17H,11-15H2,1-2H3,(H,38,39)(H,32,33,34). The van der Waals surface area contributed by atoms with Crippen molar-refractivity contribution in [2.24, 2.45) is 0 Å². The number of nitrogens with zero attached hydrogens (tertiary/aromatic N) is 4. The molecule has 1 aromatic heterocycles. The van der Waals surface area contributed by atoms with Gasteiger partial charge in [-0.1, -0.05) is 24.1 Å². The molecule has 214 valence electrons. The molecule has 0 saturated carbocycles. The summed E-state index contributed by atoms with van der Waals surface area (Å²) in [6.07, 6.45) is -5.15. The quantitative estimate of drug-likeness (QED) is 0.333. The number of esters is 1. The van der Waals surface area contributed by atoms with E-state index in [1.165, 1.54) is 19.1 Å². The molecular weight excluding hydrogens is 543 g/mol. The highest BCUT2D eigenvalue weighted by Crippen LogP contribution is 2.34. The summed E-state index contributed by atoms with van der Waals surface area (Å²) in [5.41, 5.74) is 0.409. The van der Waals surface area contributed by atoms with E-state index in [1.54, 1.807) is 42.5 Å². The number of amides is 1. The van der Waals surface area contributed by atoms with Crippen molar-refractivity contribution in [1.82, 2.24) is 14.9 Å². The fourth-order valence-corrected chi connectivity index (χ4v) is 4.15. The fraction of sp³-hybridized carbons (Fsp3) is 0.286. The zero-order valence-corrected chi connectivity index (χ0v) is 22.2. The number of aromatic nitrogens is 2. The zero-order chi connectivity index (χ0) is 29.6. The Labute approximate surface area is 233 Å². The first-order valence-corrected chi connectivity index (χ1v) is 12.4. The van der Waals surface area contributed by atoms with Gasteiger partial charge < -0.3 is 29.7 Å². The molecule has 0 bridgehead atoms. The van der Waals surface area contributed by atoms with Crippen LogP contribution in [-0.2, 0) is 22.1 Å². The highest BCUT2D eigenvalue weighted by Gasteiger charge is 2.35. The highest BCUT2D eigenvalue weighted by atomic mass is 19.4. The molecule has 0 aliphatic carbocycles. The lowest BCUT2D eigenvalue weighted by molar-refractivity contribution is -0.140. The van der Waals surface area contributed by atoms with Crippen LogP contribution in [-0.4, -0.2) is 72.4 Å². The van der Waals surface area contributed by atoms with Crippen molar-refractivity contribution in [3.8, 4) is 17.6 Å². The zero-order valence-electron chi connectivity index (χ0n) is 22.2. The number of nitrogens with one attached hydrogen (secondary N) is 1. The van der Waals surface area contributed by atoms with Gasteiger partial charge in [0.25, 0.3) is 0 Å². The summed E-state index contributed by atoms with van der Waals surface area (Å²) in [4.78, 5) is 34.1. The lowest BCUT2D eigenvalue weighted by atomic mass is 10.0. The summed E-state index contributed by atoms with van der Waals surface area (Å²) in [6.45, 7) is 1.70. The van der Waals surface area contributed by atoms with Crippen LogP contribution in [0, 0.1) is 11.8 Å². The number of alkyl halides is 3. The van der Waals surface area contributed by atoms with Crippen molar-refractivity contribution in [1.29, 1.82) is 0 Å². The maximum absolute atomic E-state index is 13.7. The molecule has 0 unspecified atom stereocenters. The summed E-state index contributed by atoms with van der Waals surface area (Å²) in [5, 5.41) is 12.0. The number of anilines is 3. The molecule has 13 heteroatoms. The molecule has 3 aromatic rings. The molecule has 2 aromatic carbocycles. The van der Waals surface area contributed by atoms with E-state index < -0.39 is 29.5 Å². The van der Waals surface area contributed by atoms with Crippen molar-refractivity contribution >= 4 is 29.4 Å². The van der Waals surface area contributed by atoms with Crippen LogP contribution in [0.2, 0.25) is 0 Å². The Bertz CT molecular complexity index is 1490. The van der Waals surface area contributed by atoms with Crippen LogP contribution in [0.5, 0.6) is 5.75 Å². The van der Waals surface area contributed by atoms with Gasteiger partial charge in [0, 0.05) is 49.7 Å². The molecule has 41 heavy (non-hydrogen) atoms. The molecule has 4 rings (SSSR count). The van der Waals surface area contributed by atoms with E-state index in [9.17, 15) is 22.8 Å². The van der Waals surface area contributed by atoms with E-state index >= 15 is 0 Å². The first kappa shape index (κ1) is 29.0. The van der Waals surface area contributed by atoms with Crippen LogP contribution in [0.15, 0.2) is 48.7 Å². The predicted molar refractivity (Wildman–Crippen MR) is 143 cm³/mol. The van der Waals surface area contributed by atoms with Gasteiger partial charge in [-0.15, -0.1) is 0 Å². The van der Waals surface area contributed by atoms with Crippen molar-refractivity contribution < 1.29 is 37.3 Å². The van der Waals surface area contributed by atoms with E-state index in [0.717, 1.165) is 5.69 Å². The molecule has 1 aliphatic rings. The van der Waals surface area contributed by atoms with Crippen molar-refractivity contribution in [3.05, 3.63) is 71.0 Å². The highest BCUT2D eigenvalue weighted by molar-refractivity contribution is 5.73. The van der Waals surface area contributed by atoms with E-state index in [1.807, 2.05) is 4.90 Å². The summed E-state index contributed by atoms with van der Waals surface area (Å²) >= 11 is 0. The van der Waals surface area contributed by atoms with Crippen LogP contribution in [0.3, 0.4) is 0 Å². The summed E-state index contributed by atoms with van der Waals surface area (Å²) < 4.78 is 51.4. The Hall–Kier alpha value is -4.99. The second kappa shape index (κ2) is 12.5. The summed E-state index contributed by atoms with van der Waals surface area (Å²) in [7, 11) is 2.69. The SMILES string of the molecule is COC(=O)Cc1ccccc1C#Cc1nc(Nc2ccc(N3CCN(C(=O)O)CC3)cc2OC)ncc1C(F)(F)F. The Morgan fingerprint density at radius 3 is 2.46 bits per heavy atom. The van der Waals surface area contributed by atoms with Gasteiger partial charge >= 0.3 is 18.2 Å². The van der Waals surface area contributed by atoms with Gasteiger partial charge in [-0.3, -0.25) is 4.79 Å². The molecule has 2 heterocycles. The number of methoxy groups -OCH3 is 2. The van der Waals surface area contributed by atoms with E-state index in [-0.39, 0.29) is 12.4 Å². The molecule has 1 aliphatic heterocycles. The lowest BCUT2D eigenvalue weighted by Crippen LogP contribution is -2.48. The smallest absolute Gasteiger partial charge is 0.420 e. The molecule has 1 fully saturated rings. The minimum Gasteiger partial charge on any atom is -0.494 e. The van der Waals surface area contributed by atoms with Gasteiger partial charge in [-0.25, -0.2) is 14.8 Å². The van der Waals surface area contributed by atoms with Crippen LogP contribution in [0.4, 0.5) is 35.3 Å². The molecule has 0 spiro atoms. The van der Waals surface area contributed by atoms with Crippen LogP contribution in [0.25, 0.3) is 0 Å². The number of carboxylic acid groups (broad SMARTS) is 1. The topological polar surface area (TPSA) is 117 Å². The van der Waals surface area contributed by atoms with E-state index in [0.29, 0.717) is 54.9 Å². The van der Waals surface area contributed by atoms with Gasteiger partial charge in [-0.2, -0.15) is 13.2 Å². The van der Waals surface area contributed by atoms with Gasteiger partial charge in [0.15, 0.2) is 0 Å². The number of halogens is 3. The molecule has 10 nitrogen and oxygen atoms in total. The molecule has 1 saturated heterocycles. The van der Waals surface area contributed by atoms with Crippen molar-refractivity contribution in [2.45, 2.75) is 12.6 Å². The predicted octanol–water partition coefficient (Wildman–Crippen LogP) is 4.16. The van der Waals surface area contributed by atoms with Crippen LogP contribution < -0.4 is 15.0 Å². The fourth-order valence-electron chi connectivity index (χ4n) is 4.15. The maximum Gasteiger partial charge on any atom is 0.420 e. The third-order valence-electron chi connectivity index (χ3n) is 6.34. The maximum atomic E-state index is 13.7. The molecule has 2 N–H and O–H groups in total. The minimum absolute atomic E-state index is 0.0882. The third-order valence-corrected chi connectivity index (χ3v) is 6.34. The lowest BCUT2D eigenvalue weighted by Gasteiger charge is -2.34. The molecule has 1 amide bonds. The van der Waals surface area contributed by atoms with Gasteiger partial charge in [-0.05, 0) is 29.7 Å². The first-order valence-electron chi connectivity index (χ1n) is 12.4. The van der Waals surface area contributed by atoms with Gasteiger partial charge in [0.05, 0.1) is 26.3 Å². The Morgan fingerprint density at radius 1 is 1.07 bits per heavy atom. The monoisotopic (exact) mass is 569 g/mol. The molecule has 0 atom stereocenters. The number of hydrogen-bond donors (Lipinski definition) is 2. The summed E-state index contributed by atoms with van der Waals surface area (Å²) in [6, 6.07) is 11.8. The second-order valence-corrected chi connectivity index (χ2v) is 8.88. The molecule has 0 radical (unpaired) electrons. The third kappa shape index (κ3) is 7.16. The normalized spacial score (nSPS) is 13.2. The average Bonchev–Trinajstić information content (AvgIpc) is 2.96. The van der Waals surface area contributed by atoms with Gasteiger partial charge in [0.2, 0.25) is 5.95 Å². The number of carbonyl (C=O) groups is 2. The van der Waals surface area contributed by atoms with Crippen molar-refractivity contribution in [3.63, 3.8) is 0 Å². The van der Waals surface area contributed by atoms with Gasteiger partial charge in [0.1, 0.15) is 17.0 Å². The number of ether oxygens (including phenoxy) is 2. The number of piperazine rings is 1. The summed E-state index contributed by atoms with van der Waals surface area (Å²) in [5.74, 6) is 4.93. The largest absolute Gasteiger partial charge is 0.494 e. The van der Waals surface area contributed by atoms with E-state index in [4.69, 9.17) is 9.84 Å².